The Morgan fingerprint density at radius 3 is 2.59 bits per heavy atom. The zero-order valence-electron chi connectivity index (χ0n) is 11.4. The van der Waals surface area contributed by atoms with Crippen LogP contribution in [0.25, 0.3) is 0 Å². The van der Waals surface area contributed by atoms with E-state index in [-0.39, 0.29) is 12.0 Å². The number of nitrogens with one attached hydrogen (secondary N) is 1. The minimum absolute atomic E-state index is 0.110. The van der Waals surface area contributed by atoms with Gasteiger partial charge in [0.25, 0.3) is 0 Å². The summed E-state index contributed by atoms with van der Waals surface area (Å²) in [7, 11) is 0. The van der Waals surface area contributed by atoms with Gasteiger partial charge in [-0.05, 0) is 46.7 Å². The normalized spacial score (nSPS) is 20.2. The Morgan fingerprint density at radius 2 is 2.00 bits per heavy atom. The molecule has 1 N–H and O–H groups in total. The number of esters is 1. The molecule has 0 aromatic heterocycles. The van der Waals surface area contributed by atoms with Crippen molar-refractivity contribution in [3.8, 4) is 0 Å². The molecule has 4 heteroatoms. The summed E-state index contributed by atoms with van der Waals surface area (Å²) in [6.45, 7) is 9.97. The van der Waals surface area contributed by atoms with Crippen LogP contribution in [0.5, 0.6) is 0 Å². The molecule has 1 heterocycles. The average Bonchev–Trinajstić information content (AvgIpc) is 2.79. The van der Waals surface area contributed by atoms with Crippen LogP contribution in [0.3, 0.4) is 0 Å². The van der Waals surface area contributed by atoms with Crippen LogP contribution in [0.1, 0.15) is 40.0 Å². The van der Waals surface area contributed by atoms with Gasteiger partial charge in [0.15, 0.2) is 0 Å². The fraction of sp³-hybridized carbons (Fsp3) is 0.923. The van der Waals surface area contributed by atoms with Crippen LogP contribution in [0.2, 0.25) is 0 Å². The maximum Gasteiger partial charge on any atom is 0.307 e. The van der Waals surface area contributed by atoms with Crippen LogP contribution in [-0.2, 0) is 9.53 Å². The van der Waals surface area contributed by atoms with E-state index >= 15 is 0 Å². The fourth-order valence-electron chi connectivity index (χ4n) is 2.23. The van der Waals surface area contributed by atoms with Crippen molar-refractivity contribution in [2.24, 2.45) is 0 Å². The monoisotopic (exact) mass is 242 g/mol. The summed E-state index contributed by atoms with van der Waals surface area (Å²) in [6.07, 6.45) is 3.10. The molecule has 0 aromatic carbocycles. The highest BCUT2D eigenvalue weighted by Crippen LogP contribution is 2.10. The number of hydrogen-bond acceptors (Lipinski definition) is 4. The summed E-state index contributed by atoms with van der Waals surface area (Å²) in [4.78, 5) is 13.8. The molecule has 1 aliphatic rings. The summed E-state index contributed by atoms with van der Waals surface area (Å²) in [6, 6.07) is 0.751. The van der Waals surface area contributed by atoms with Crippen molar-refractivity contribution >= 4 is 5.97 Å². The van der Waals surface area contributed by atoms with Crippen LogP contribution < -0.4 is 5.32 Å². The second-order valence-corrected chi connectivity index (χ2v) is 4.91. The first-order chi connectivity index (χ1) is 8.13. The van der Waals surface area contributed by atoms with Gasteiger partial charge in [0.05, 0.1) is 13.0 Å². The molecule has 0 aromatic rings. The predicted octanol–water partition coefficient (Wildman–Crippen LogP) is 1.40. The molecule has 0 amide bonds. The van der Waals surface area contributed by atoms with Gasteiger partial charge in [0.2, 0.25) is 0 Å². The Morgan fingerprint density at radius 1 is 1.35 bits per heavy atom. The highest BCUT2D eigenvalue weighted by atomic mass is 16.5. The number of ether oxygens (including phenoxy) is 1. The molecule has 4 nitrogen and oxygen atoms in total. The van der Waals surface area contributed by atoms with E-state index in [4.69, 9.17) is 4.74 Å². The van der Waals surface area contributed by atoms with Crippen molar-refractivity contribution in [2.75, 3.05) is 26.2 Å². The zero-order chi connectivity index (χ0) is 12.7. The van der Waals surface area contributed by atoms with Gasteiger partial charge in [0.1, 0.15) is 0 Å². The van der Waals surface area contributed by atoms with Crippen LogP contribution in [-0.4, -0.2) is 49.2 Å². The number of hydrogen-bond donors (Lipinski definition) is 1. The van der Waals surface area contributed by atoms with Crippen LogP contribution >= 0.6 is 0 Å². The summed E-state index contributed by atoms with van der Waals surface area (Å²) in [5.74, 6) is -0.110. The van der Waals surface area contributed by atoms with Crippen LogP contribution in [0.15, 0.2) is 0 Å². The maximum absolute atomic E-state index is 11.3. The van der Waals surface area contributed by atoms with Gasteiger partial charge in [-0.25, -0.2) is 0 Å². The molecule has 0 aliphatic carbocycles. The molecule has 1 aliphatic heterocycles. The first-order valence-corrected chi connectivity index (χ1v) is 6.76. The van der Waals surface area contributed by atoms with E-state index in [1.165, 1.54) is 25.9 Å². The molecule has 2 unspecified atom stereocenters. The second-order valence-electron chi connectivity index (χ2n) is 4.91. The van der Waals surface area contributed by atoms with E-state index in [1.807, 2.05) is 13.8 Å². The number of rotatable bonds is 7. The van der Waals surface area contributed by atoms with E-state index < -0.39 is 0 Å². The molecule has 2 atom stereocenters. The van der Waals surface area contributed by atoms with Gasteiger partial charge in [-0.1, -0.05) is 0 Å². The van der Waals surface area contributed by atoms with Crippen molar-refractivity contribution in [3.63, 3.8) is 0 Å². The summed E-state index contributed by atoms with van der Waals surface area (Å²) in [5, 5.41) is 3.41. The second kappa shape index (κ2) is 7.67. The van der Waals surface area contributed by atoms with Gasteiger partial charge < -0.3 is 10.1 Å². The molecule has 1 rings (SSSR count). The molecular formula is C13H26N2O2. The van der Waals surface area contributed by atoms with E-state index in [0.29, 0.717) is 19.1 Å². The SMILES string of the molecule is CCOC(=O)CC(C)NCC(C)N1CCCC1. The van der Waals surface area contributed by atoms with Crippen molar-refractivity contribution in [1.29, 1.82) is 0 Å². The molecule has 100 valence electrons. The Labute approximate surface area is 105 Å². The van der Waals surface area contributed by atoms with Gasteiger partial charge >= 0.3 is 5.97 Å². The van der Waals surface area contributed by atoms with Gasteiger partial charge in [-0.15, -0.1) is 0 Å². The number of likely N-dealkylation sites (tertiary alicyclic amines) is 1. The first kappa shape index (κ1) is 14.5. The molecule has 0 spiro atoms. The Hall–Kier alpha value is -0.610. The zero-order valence-corrected chi connectivity index (χ0v) is 11.4. The van der Waals surface area contributed by atoms with Gasteiger partial charge in [-0.2, -0.15) is 0 Å². The molecule has 0 saturated carbocycles. The minimum atomic E-state index is -0.110. The summed E-state index contributed by atoms with van der Waals surface area (Å²) in [5.41, 5.74) is 0. The number of carbonyl (C=O) groups excluding carboxylic acids is 1. The molecule has 1 fully saturated rings. The molecular weight excluding hydrogens is 216 g/mol. The Kier molecular flexibility index (Phi) is 6.52. The van der Waals surface area contributed by atoms with Crippen molar-refractivity contribution in [1.82, 2.24) is 10.2 Å². The standard InChI is InChI=1S/C13H26N2O2/c1-4-17-13(16)9-11(2)14-10-12(3)15-7-5-6-8-15/h11-12,14H,4-10H2,1-3H3. The third-order valence-electron chi connectivity index (χ3n) is 3.30. The maximum atomic E-state index is 11.3. The smallest absolute Gasteiger partial charge is 0.307 e. The molecule has 1 saturated heterocycles. The lowest BCUT2D eigenvalue weighted by Gasteiger charge is -2.25. The lowest BCUT2D eigenvalue weighted by Crippen LogP contribution is -2.42. The average molecular weight is 242 g/mol. The van der Waals surface area contributed by atoms with E-state index in [1.54, 1.807) is 0 Å². The molecule has 0 radical (unpaired) electrons. The van der Waals surface area contributed by atoms with Crippen molar-refractivity contribution in [2.45, 2.75) is 52.1 Å². The Balaban J connectivity index is 2.13. The molecule has 0 bridgehead atoms. The summed E-state index contributed by atoms with van der Waals surface area (Å²) >= 11 is 0. The summed E-state index contributed by atoms with van der Waals surface area (Å²) < 4.78 is 4.93. The van der Waals surface area contributed by atoms with Crippen LogP contribution in [0, 0.1) is 0 Å². The lowest BCUT2D eigenvalue weighted by molar-refractivity contribution is -0.143. The first-order valence-electron chi connectivity index (χ1n) is 6.76. The van der Waals surface area contributed by atoms with Gasteiger partial charge in [-0.3, -0.25) is 9.69 Å². The van der Waals surface area contributed by atoms with E-state index in [9.17, 15) is 4.79 Å². The van der Waals surface area contributed by atoms with E-state index in [0.717, 1.165) is 6.54 Å². The third kappa shape index (κ3) is 5.50. The third-order valence-corrected chi connectivity index (χ3v) is 3.30. The number of nitrogens with zero attached hydrogens (tertiary/aromatic N) is 1. The topological polar surface area (TPSA) is 41.6 Å². The largest absolute Gasteiger partial charge is 0.466 e. The molecule has 17 heavy (non-hydrogen) atoms. The quantitative estimate of drug-likeness (QED) is 0.685. The van der Waals surface area contributed by atoms with Crippen molar-refractivity contribution in [3.05, 3.63) is 0 Å². The highest BCUT2D eigenvalue weighted by molar-refractivity contribution is 5.69. The Bertz CT molecular complexity index is 227. The minimum Gasteiger partial charge on any atom is -0.466 e. The van der Waals surface area contributed by atoms with E-state index in [2.05, 4.69) is 17.1 Å². The van der Waals surface area contributed by atoms with Gasteiger partial charge in [0, 0.05) is 18.6 Å². The van der Waals surface area contributed by atoms with Crippen molar-refractivity contribution < 1.29 is 9.53 Å². The predicted molar refractivity (Wildman–Crippen MR) is 69.0 cm³/mol. The van der Waals surface area contributed by atoms with Crippen LogP contribution in [0.4, 0.5) is 0 Å². The fourth-order valence-corrected chi connectivity index (χ4v) is 2.23. The highest BCUT2D eigenvalue weighted by Gasteiger charge is 2.18. The lowest BCUT2D eigenvalue weighted by atomic mass is 10.2. The number of carbonyl (C=O) groups is 1.